The van der Waals surface area contributed by atoms with Crippen molar-refractivity contribution >= 4 is 60.6 Å². The van der Waals surface area contributed by atoms with Crippen LogP contribution in [0.3, 0.4) is 0 Å². The third-order valence-electron chi connectivity index (χ3n) is 9.68. The molecule has 3 heterocycles. The first-order valence-electron chi connectivity index (χ1n) is 15.8. The number of rotatable bonds is 3. The summed E-state index contributed by atoms with van der Waals surface area (Å²) < 4.78 is 7.37. The highest BCUT2D eigenvalue weighted by molar-refractivity contribution is 6.10. The molecule has 3 heteroatoms. The largest absolute Gasteiger partial charge is 0.309 e. The van der Waals surface area contributed by atoms with Crippen molar-refractivity contribution in [3.8, 4) is 17.1 Å². The normalized spacial score (nSPS) is 13.1. The van der Waals surface area contributed by atoms with Crippen molar-refractivity contribution in [1.29, 1.82) is 0 Å². The molecule has 6 aromatic carbocycles. The third kappa shape index (κ3) is 3.46. The Morgan fingerprint density at radius 2 is 0.733 bits per heavy atom. The van der Waals surface area contributed by atoms with E-state index in [9.17, 15) is 0 Å². The van der Waals surface area contributed by atoms with Crippen molar-refractivity contribution in [2.75, 3.05) is 0 Å². The van der Waals surface area contributed by atoms with Crippen LogP contribution in [0.25, 0.3) is 77.7 Å². The van der Waals surface area contributed by atoms with E-state index >= 15 is 0 Å². The molecule has 3 nitrogen and oxygen atoms in total. The lowest BCUT2D eigenvalue weighted by Gasteiger charge is -2.18. The van der Waals surface area contributed by atoms with Gasteiger partial charge in [-0.15, -0.1) is 0 Å². The zero-order chi connectivity index (χ0) is 29.5. The van der Waals surface area contributed by atoms with Crippen LogP contribution in [0.15, 0.2) is 146 Å². The summed E-state index contributed by atoms with van der Waals surface area (Å²) in [6.45, 7) is 0. The molecule has 0 bridgehead atoms. The monoisotopic (exact) mass is 575 g/mol. The Morgan fingerprint density at radius 3 is 1.18 bits per heavy atom. The van der Waals surface area contributed by atoms with Gasteiger partial charge in [0.15, 0.2) is 0 Å². The van der Waals surface area contributed by atoms with Crippen LogP contribution in [0.1, 0.15) is 17.7 Å². The first-order valence-corrected chi connectivity index (χ1v) is 15.8. The molecule has 0 radical (unpaired) electrons. The highest BCUT2D eigenvalue weighted by atomic mass is 15.0. The number of aromatic nitrogens is 3. The molecular formula is C42H29N3. The second-order valence-electron chi connectivity index (χ2n) is 12.1. The van der Waals surface area contributed by atoms with Gasteiger partial charge in [-0.25, -0.2) is 0 Å². The fourth-order valence-electron chi connectivity index (χ4n) is 7.83. The first kappa shape index (κ1) is 24.6. The minimum absolute atomic E-state index is 1.06. The molecule has 212 valence electrons. The van der Waals surface area contributed by atoms with Gasteiger partial charge in [0.1, 0.15) is 0 Å². The van der Waals surface area contributed by atoms with Crippen molar-refractivity contribution in [2.24, 2.45) is 0 Å². The summed E-state index contributed by atoms with van der Waals surface area (Å²) in [5.41, 5.74) is 12.3. The molecule has 0 atom stereocenters. The summed E-state index contributed by atoms with van der Waals surface area (Å²) >= 11 is 0. The number of aryl methyl sites for hydroxylation is 1. The molecular weight excluding hydrogens is 546 g/mol. The molecule has 0 amide bonds. The Balaban J connectivity index is 1.37. The molecule has 1 aliphatic carbocycles. The average molecular weight is 576 g/mol. The maximum absolute atomic E-state index is 2.48. The molecule has 0 fully saturated rings. The van der Waals surface area contributed by atoms with E-state index < -0.39 is 0 Å². The number of fused-ring (bicyclic) bond motifs is 9. The molecule has 9 aromatic rings. The van der Waals surface area contributed by atoms with Gasteiger partial charge in [0, 0.05) is 32.6 Å². The lowest BCUT2D eigenvalue weighted by molar-refractivity contribution is 0.965. The summed E-state index contributed by atoms with van der Waals surface area (Å²) in [4.78, 5) is 0. The van der Waals surface area contributed by atoms with Crippen LogP contribution in [0, 0.1) is 0 Å². The second kappa shape index (κ2) is 9.35. The number of hydrogen-bond donors (Lipinski definition) is 0. The first-order chi connectivity index (χ1) is 22.3. The maximum atomic E-state index is 2.48. The van der Waals surface area contributed by atoms with Crippen molar-refractivity contribution < 1.29 is 0 Å². The highest BCUT2D eigenvalue weighted by Gasteiger charge is 2.21. The van der Waals surface area contributed by atoms with Crippen LogP contribution in [0.2, 0.25) is 0 Å². The topological polar surface area (TPSA) is 14.8 Å². The summed E-state index contributed by atoms with van der Waals surface area (Å²) in [6.07, 6.45) is 6.79. The van der Waals surface area contributed by atoms with Gasteiger partial charge in [-0.05, 0) is 73.0 Å². The van der Waals surface area contributed by atoms with Gasteiger partial charge < -0.3 is 13.7 Å². The van der Waals surface area contributed by atoms with Gasteiger partial charge in [0.05, 0.1) is 44.6 Å². The molecule has 0 unspecified atom stereocenters. The van der Waals surface area contributed by atoms with Crippen LogP contribution in [0.4, 0.5) is 0 Å². The van der Waals surface area contributed by atoms with E-state index in [-0.39, 0.29) is 0 Å². The molecule has 0 N–H and O–H groups in total. The predicted molar refractivity (Wildman–Crippen MR) is 189 cm³/mol. The SMILES string of the molecule is C1=Cc2c(c3ccccc3n2-c2cc(-n3c4ccccc4c4ccccc43)cc(-n3c4ccccc4c4ccccc43)c2)CC1. The average Bonchev–Trinajstić information content (AvgIpc) is 3.74. The minimum Gasteiger partial charge on any atom is -0.309 e. The highest BCUT2D eigenvalue weighted by Crippen LogP contribution is 2.39. The number of hydrogen-bond acceptors (Lipinski definition) is 0. The van der Waals surface area contributed by atoms with Crippen molar-refractivity contribution in [2.45, 2.75) is 12.8 Å². The van der Waals surface area contributed by atoms with Crippen molar-refractivity contribution in [3.05, 3.63) is 157 Å². The number of allylic oxidation sites excluding steroid dienone is 1. The third-order valence-corrected chi connectivity index (χ3v) is 9.68. The van der Waals surface area contributed by atoms with Crippen molar-refractivity contribution in [1.82, 2.24) is 13.7 Å². The van der Waals surface area contributed by atoms with Crippen molar-refractivity contribution in [3.63, 3.8) is 0 Å². The van der Waals surface area contributed by atoms with E-state index in [1.54, 1.807) is 0 Å². The standard InChI is InChI=1S/C42H29N3/c1-7-19-37-31(13-1)32-14-2-8-20-38(32)43(37)28-25-29(44-39-21-9-3-15-33(39)34-16-4-10-22-40(34)44)27-30(26-28)45-41-23-11-5-17-35(41)36-18-6-12-24-42(36)45/h1-5,7-17,19-27H,6,18H2. The van der Waals surface area contributed by atoms with Crippen LogP contribution in [-0.2, 0) is 6.42 Å². The van der Waals surface area contributed by atoms with Crippen LogP contribution < -0.4 is 0 Å². The summed E-state index contributed by atoms with van der Waals surface area (Å²) in [5, 5.41) is 6.41. The van der Waals surface area contributed by atoms with E-state index in [0.717, 1.165) is 29.9 Å². The van der Waals surface area contributed by atoms with Crippen LogP contribution in [-0.4, -0.2) is 13.7 Å². The summed E-state index contributed by atoms with van der Waals surface area (Å²) in [5.74, 6) is 0. The van der Waals surface area contributed by atoms with E-state index in [2.05, 4.69) is 165 Å². The Morgan fingerprint density at radius 1 is 0.378 bits per heavy atom. The molecule has 0 saturated heterocycles. The van der Waals surface area contributed by atoms with Crippen LogP contribution >= 0.6 is 0 Å². The zero-order valence-corrected chi connectivity index (χ0v) is 24.7. The minimum atomic E-state index is 1.06. The number of benzene rings is 6. The van der Waals surface area contributed by atoms with Gasteiger partial charge >= 0.3 is 0 Å². The molecule has 0 saturated carbocycles. The fraction of sp³-hybridized carbons (Fsp3) is 0.0476. The lowest BCUT2D eigenvalue weighted by atomic mass is 10.0. The summed E-state index contributed by atoms with van der Waals surface area (Å²) in [6, 6.07) is 51.2. The number of nitrogens with zero attached hydrogens (tertiary/aromatic N) is 3. The quantitative estimate of drug-likeness (QED) is 0.199. The van der Waals surface area contributed by atoms with Gasteiger partial charge in [-0.2, -0.15) is 0 Å². The Labute approximate surface area is 260 Å². The Kier molecular flexibility index (Phi) is 5.11. The van der Waals surface area contributed by atoms with Gasteiger partial charge in [0.2, 0.25) is 0 Å². The van der Waals surface area contributed by atoms with E-state index in [1.807, 2.05) is 0 Å². The molecule has 0 aliphatic heterocycles. The van der Waals surface area contributed by atoms with E-state index in [4.69, 9.17) is 0 Å². The van der Waals surface area contributed by atoms with E-state index in [0.29, 0.717) is 0 Å². The van der Waals surface area contributed by atoms with Gasteiger partial charge in [0.25, 0.3) is 0 Å². The van der Waals surface area contributed by atoms with Gasteiger partial charge in [-0.1, -0.05) is 97.1 Å². The van der Waals surface area contributed by atoms with Gasteiger partial charge in [-0.3, -0.25) is 0 Å². The Bertz CT molecular complexity index is 2420. The maximum Gasteiger partial charge on any atom is 0.0541 e. The fourth-order valence-corrected chi connectivity index (χ4v) is 7.83. The van der Waals surface area contributed by atoms with Crippen LogP contribution in [0.5, 0.6) is 0 Å². The lowest BCUT2D eigenvalue weighted by Crippen LogP contribution is -2.05. The zero-order valence-electron chi connectivity index (χ0n) is 24.7. The molecule has 3 aromatic heterocycles. The molecule has 45 heavy (non-hydrogen) atoms. The van der Waals surface area contributed by atoms with E-state index in [1.165, 1.54) is 65.8 Å². The summed E-state index contributed by atoms with van der Waals surface area (Å²) in [7, 11) is 0. The number of para-hydroxylation sites is 5. The molecule has 10 rings (SSSR count). The second-order valence-corrected chi connectivity index (χ2v) is 12.1. The predicted octanol–water partition coefficient (Wildman–Crippen LogP) is 10.8. The molecule has 1 aliphatic rings. The smallest absolute Gasteiger partial charge is 0.0541 e. The Hall–Kier alpha value is -5.80. The molecule has 0 spiro atoms.